The summed E-state index contributed by atoms with van der Waals surface area (Å²) in [4.78, 5) is 0. The number of benzene rings is 2. The SMILES string of the molecule is C1=CC(Cc2ccccc2)=[C]([Zr][C]2=C(Cc3ccccc3)C=CC2)C1. The van der Waals surface area contributed by atoms with Gasteiger partial charge in [0.15, 0.2) is 0 Å². The van der Waals surface area contributed by atoms with Gasteiger partial charge in [0.1, 0.15) is 0 Å². The number of allylic oxidation sites excluding steroid dienone is 8. The summed E-state index contributed by atoms with van der Waals surface area (Å²) in [5, 5.41) is 0. The number of rotatable bonds is 6. The van der Waals surface area contributed by atoms with Crippen molar-refractivity contribution in [1.82, 2.24) is 0 Å². The second kappa shape index (κ2) is 8.11. The van der Waals surface area contributed by atoms with Gasteiger partial charge in [0, 0.05) is 0 Å². The molecule has 0 heterocycles. The van der Waals surface area contributed by atoms with Crippen LogP contribution in [0.3, 0.4) is 0 Å². The van der Waals surface area contributed by atoms with Crippen molar-refractivity contribution in [3.63, 3.8) is 0 Å². The van der Waals surface area contributed by atoms with E-state index < -0.39 is 23.2 Å². The van der Waals surface area contributed by atoms with Gasteiger partial charge >= 0.3 is 163 Å². The van der Waals surface area contributed by atoms with Crippen molar-refractivity contribution >= 4 is 0 Å². The fourth-order valence-corrected chi connectivity index (χ4v) is 7.12. The summed E-state index contributed by atoms with van der Waals surface area (Å²) in [6.45, 7) is 0. The van der Waals surface area contributed by atoms with E-state index in [1.165, 1.54) is 24.0 Å². The van der Waals surface area contributed by atoms with E-state index in [1.54, 1.807) is 17.7 Å². The summed E-state index contributed by atoms with van der Waals surface area (Å²) in [6, 6.07) is 21.8. The molecular formula is C24H22Zr. The molecule has 0 spiro atoms. The average Bonchev–Trinajstić information content (AvgIpc) is 3.27. The third-order valence-corrected chi connectivity index (χ3v) is 8.90. The Morgan fingerprint density at radius 2 is 1.04 bits per heavy atom. The first-order chi connectivity index (χ1) is 12.4. The zero-order valence-corrected chi connectivity index (χ0v) is 16.9. The first-order valence-corrected chi connectivity index (χ1v) is 11.5. The Balaban J connectivity index is 1.51. The van der Waals surface area contributed by atoms with E-state index in [0.717, 1.165) is 12.8 Å². The van der Waals surface area contributed by atoms with E-state index in [2.05, 4.69) is 85.0 Å². The molecule has 0 aliphatic heterocycles. The van der Waals surface area contributed by atoms with Gasteiger partial charge in [-0.25, -0.2) is 0 Å². The monoisotopic (exact) mass is 400 g/mol. The Labute approximate surface area is 162 Å². The van der Waals surface area contributed by atoms with E-state index in [0.29, 0.717) is 0 Å². The molecule has 0 saturated heterocycles. The molecule has 2 aliphatic carbocycles. The summed E-state index contributed by atoms with van der Waals surface area (Å²) < 4.78 is 3.55. The van der Waals surface area contributed by atoms with Gasteiger partial charge in [0.25, 0.3) is 0 Å². The van der Waals surface area contributed by atoms with E-state index in [1.807, 2.05) is 0 Å². The molecule has 122 valence electrons. The van der Waals surface area contributed by atoms with Gasteiger partial charge < -0.3 is 0 Å². The van der Waals surface area contributed by atoms with E-state index in [9.17, 15) is 0 Å². The van der Waals surface area contributed by atoms with Crippen LogP contribution in [-0.2, 0) is 36.1 Å². The second-order valence-corrected chi connectivity index (χ2v) is 10.3. The minimum atomic E-state index is -0.655. The summed E-state index contributed by atoms with van der Waals surface area (Å²) >= 11 is -0.655. The van der Waals surface area contributed by atoms with Crippen LogP contribution in [0.25, 0.3) is 0 Å². The van der Waals surface area contributed by atoms with Gasteiger partial charge in [0.05, 0.1) is 0 Å². The molecule has 0 fully saturated rings. The third-order valence-electron chi connectivity index (χ3n) is 4.83. The van der Waals surface area contributed by atoms with Crippen molar-refractivity contribution in [2.24, 2.45) is 0 Å². The van der Waals surface area contributed by atoms with E-state index in [-0.39, 0.29) is 0 Å². The molecule has 0 N–H and O–H groups in total. The van der Waals surface area contributed by atoms with Crippen LogP contribution in [0.1, 0.15) is 24.0 Å². The van der Waals surface area contributed by atoms with Gasteiger partial charge in [-0.1, -0.05) is 0 Å². The van der Waals surface area contributed by atoms with Gasteiger partial charge in [-0.15, -0.1) is 0 Å². The molecular weight excluding hydrogens is 379 g/mol. The summed E-state index contributed by atoms with van der Waals surface area (Å²) in [6.07, 6.45) is 14.1. The molecule has 25 heavy (non-hydrogen) atoms. The molecule has 2 aromatic rings. The van der Waals surface area contributed by atoms with Crippen LogP contribution in [0, 0.1) is 0 Å². The Bertz CT molecular complexity index is 778. The van der Waals surface area contributed by atoms with E-state index in [4.69, 9.17) is 0 Å². The Hall–Kier alpha value is -1.72. The number of hydrogen-bond donors (Lipinski definition) is 0. The predicted octanol–water partition coefficient (Wildman–Crippen LogP) is 5.98. The third kappa shape index (κ3) is 4.28. The van der Waals surface area contributed by atoms with Gasteiger partial charge in [-0.2, -0.15) is 0 Å². The van der Waals surface area contributed by atoms with Crippen molar-refractivity contribution in [1.29, 1.82) is 0 Å². The van der Waals surface area contributed by atoms with Gasteiger partial charge in [0.2, 0.25) is 0 Å². The standard InChI is InChI=1S/2C12H11.Zr/c2*1-2-6-11(7-3-1)10-12-8-4-5-9-12;/h2*1-4,6-8H,5,10H2;. The first kappa shape index (κ1) is 16.7. The Kier molecular flexibility index (Phi) is 5.43. The van der Waals surface area contributed by atoms with Gasteiger partial charge in [-0.3, -0.25) is 0 Å². The molecule has 0 aromatic heterocycles. The molecule has 0 unspecified atom stereocenters. The fourth-order valence-electron chi connectivity index (χ4n) is 3.51. The molecule has 2 aliphatic rings. The van der Waals surface area contributed by atoms with Crippen molar-refractivity contribution in [3.8, 4) is 0 Å². The minimum absolute atomic E-state index is 0.655. The fraction of sp³-hybridized carbons (Fsp3) is 0.167. The van der Waals surface area contributed by atoms with Crippen LogP contribution in [-0.4, -0.2) is 0 Å². The average molecular weight is 402 g/mol. The topological polar surface area (TPSA) is 0 Å². The zero-order valence-electron chi connectivity index (χ0n) is 14.4. The maximum absolute atomic E-state index is 2.38. The van der Waals surface area contributed by atoms with Crippen molar-refractivity contribution in [3.05, 3.63) is 114 Å². The molecule has 0 atom stereocenters. The Morgan fingerprint density at radius 1 is 0.600 bits per heavy atom. The van der Waals surface area contributed by atoms with Crippen LogP contribution in [0.5, 0.6) is 0 Å². The molecule has 0 bridgehead atoms. The maximum atomic E-state index is 2.38. The zero-order chi connectivity index (χ0) is 16.9. The normalized spacial score (nSPS) is 16.2. The molecule has 0 saturated carbocycles. The summed E-state index contributed by atoms with van der Waals surface area (Å²) in [5.41, 5.74) is 6.06. The first-order valence-electron chi connectivity index (χ1n) is 9.00. The molecule has 0 amide bonds. The molecule has 2 aromatic carbocycles. The molecule has 0 nitrogen and oxygen atoms in total. The van der Waals surface area contributed by atoms with Crippen LogP contribution in [0.2, 0.25) is 0 Å². The molecule has 4 rings (SSSR count). The quantitative estimate of drug-likeness (QED) is 0.558. The van der Waals surface area contributed by atoms with Crippen molar-refractivity contribution < 1.29 is 23.2 Å². The van der Waals surface area contributed by atoms with Crippen LogP contribution in [0.15, 0.2) is 103 Å². The second-order valence-electron chi connectivity index (χ2n) is 6.67. The summed E-state index contributed by atoms with van der Waals surface area (Å²) in [5.74, 6) is 0. The van der Waals surface area contributed by atoms with Crippen molar-refractivity contribution in [2.45, 2.75) is 25.7 Å². The van der Waals surface area contributed by atoms with Crippen LogP contribution in [0.4, 0.5) is 0 Å². The molecule has 1 heteroatoms. The van der Waals surface area contributed by atoms with Crippen LogP contribution < -0.4 is 0 Å². The van der Waals surface area contributed by atoms with Crippen molar-refractivity contribution in [2.75, 3.05) is 0 Å². The summed E-state index contributed by atoms with van der Waals surface area (Å²) in [7, 11) is 0. The predicted molar refractivity (Wildman–Crippen MR) is 102 cm³/mol. The van der Waals surface area contributed by atoms with Crippen LogP contribution >= 0.6 is 0 Å². The molecule has 0 radical (unpaired) electrons. The Morgan fingerprint density at radius 3 is 1.48 bits per heavy atom. The number of hydrogen-bond acceptors (Lipinski definition) is 0. The van der Waals surface area contributed by atoms with Gasteiger partial charge in [-0.05, 0) is 0 Å². The van der Waals surface area contributed by atoms with E-state index >= 15 is 0 Å².